The van der Waals surface area contributed by atoms with Crippen LogP contribution < -0.4 is 5.73 Å². The molecule has 0 aliphatic carbocycles. The zero-order valence-corrected chi connectivity index (χ0v) is 10.2. The lowest BCUT2D eigenvalue weighted by Crippen LogP contribution is -2.32. The summed E-state index contributed by atoms with van der Waals surface area (Å²) in [5.41, 5.74) is 5.67. The predicted molar refractivity (Wildman–Crippen MR) is 62.8 cm³/mol. The van der Waals surface area contributed by atoms with Gasteiger partial charge < -0.3 is 5.73 Å². The summed E-state index contributed by atoms with van der Waals surface area (Å²) in [4.78, 5) is 3.85. The van der Waals surface area contributed by atoms with Gasteiger partial charge >= 0.3 is 0 Å². The quantitative estimate of drug-likeness (QED) is 0.829. The molecule has 90 valence electrons. The average Bonchev–Trinajstić information content (AvgIpc) is 2.67. The van der Waals surface area contributed by atoms with Crippen molar-refractivity contribution in [3.8, 4) is 0 Å². The molecular formula is C9H14ClN3O2S. The Morgan fingerprint density at radius 2 is 2.19 bits per heavy atom. The summed E-state index contributed by atoms with van der Waals surface area (Å²) in [5, 5.41) is 0.0964. The smallest absolute Gasteiger partial charge is 0.260 e. The number of hydrogen-bond acceptors (Lipinski definition) is 4. The first-order chi connectivity index (χ1) is 7.10. The molecule has 7 heteroatoms. The number of rotatable bonds is 2. The lowest BCUT2D eigenvalue weighted by atomic mass is 10.3. The molecule has 1 aromatic heterocycles. The van der Waals surface area contributed by atoms with Crippen LogP contribution in [0.4, 0.5) is 0 Å². The van der Waals surface area contributed by atoms with Crippen molar-refractivity contribution in [1.82, 2.24) is 9.29 Å². The third-order valence-electron chi connectivity index (χ3n) is 2.43. The van der Waals surface area contributed by atoms with Crippen molar-refractivity contribution in [1.29, 1.82) is 0 Å². The van der Waals surface area contributed by atoms with E-state index in [0.717, 1.165) is 0 Å². The first kappa shape index (κ1) is 13.4. The normalized spacial score (nSPS) is 21.7. The van der Waals surface area contributed by atoms with Gasteiger partial charge in [0.05, 0.1) is 0 Å². The second-order valence-electron chi connectivity index (χ2n) is 3.58. The van der Waals surface area contributed by atoms with Crippen molar-refractivity contribution in [3.63, 3.8) is 0 Å². The van der Waals surface area contributed by atoms with E-state index in [4.69, 9.17) is 5.73 Å². The van der Waals surface area contributed by atoms with Crippen LogP contribution >= 0.6 is 12.4 Å². The van der Waals surface area contributed by atoms with Crippen LogP contribution in [0.1, 0.15) is 6.42 Å². The fourth-order valence-corrected chi connectivity index (χ4v) is 3.05. The summed E-state index contributed by atoms with van der Waals surface area (Å²) in [6.07, 6.45) is 2.19. The Hall–Kier alpha value is -0.690. The van der Waals surface area contributed by atoms with E-state index < -0.39 is 10.0 Å². The molecule has 1 unspecified atom stereocenters. The van der Waals surface area contributed by atoms with E-state index in [2.05, 4.69) is 4.98 Å². The van der Waals surface area contributed by atoms with Crippen LogP contribution in [0.5, 0.6) is 0 Å². The number of aromatic nitrogens is 1. The molecule has 0 aromatic carbocycles. The first-order valence-electron chi connectivity index (χ1n) is 4.77. The molecule has 5 nitrogen and oxygen atoms in total. The molecule has 2 heterocycles. The second kappa shape index (κ2) is 5.09. The van der Waals surface area contributed by atoms with Crippen LogP contribution in [0.2, 0.25) is 0 Å². The Kier molecular flexibility index (Phi) is 4.26. The molecule has 1 saturated heterocycles. The van der Waals surface area contributed by atoms with Gasteiger partial charge in [-0.05, 0) is 18.6 Å². The van der Waals surface area contributed by atoms with Crippen molar-refractivity contribution in [2.24, 2.45) is 5.73 Å². The Bertz CT molecular complexity index is 437. The van der Waals surface area contributed by atoms with E-state index in [-0.39, 0.29) is 23.5 Å². The average molecular weight is 264 g/mol. The second-order valence-corrected chi connectivity index (χ2v) is 5.46. The lowest BCUT2D eigenvalue weighted by Gasteiger charge is -2.14. The van der Waals surface area contributed by atoms with Crippen LogP contribution in [-0.4, -0.2) is 36.8 Å². The molecule has 1 atom stereocenters. The molecule has 0 amide bonds. The van der Waals surface area contributed by atoms with Crippen LogP contribution in [0.3, 0.4) is 0 Å². The number of pyridine rings is 1. The fraction of sp³-hybridized carbons (Fsp3) is 0.444. The lowest BCUT2D eigenvalue weighted by molar-refractivity contribution is 0.469. The molecule has 0 radical (unpaired) electrons. The SMILES string of the molecule is Cl.NC1CCN(S(=O)(=O)c2ccccn2)C1. The number of sulfonamides is 1. The van der Waals surface area contributed by atoms with E-state index >= 15 is 0 Å². The topological polar surface area (TPSA) is 76.3 Å². The van der Waals surface area contributed by atoms with Crippen molar-refractivity contribution in [3.05, 3.63) is 24.4 Å². The van der Waals surface area contributed by atoms with Crippen LogP contribution in [0.15, 0.2) is 29.4 Å². The molecule has 0 saturated carbocycles. The minimum Gasteiger partial charge on any atom is -0.326 e. The summed E-state index contributed by atoms with van der Waals surface area (Å²) in [6.45, 7) is 0.874. The van der Waals surface area contributed by atoms with E-state index in [1.807, 2.05) is 0 Å². The van der Waals surface area contributed by atoms with Crippen molar-refractivity contribution >= 4 is 22.4 Å². The Balaban J connectivity index is 0.00000128. The minimum atomic E-state index is -3.43. The maximum atomic E-state index is 12.0. The zero-order chi connectivity index (χ0) is 10.9. The van der Waals surface area contributed by atoms with Gasteiger partial charge in [0.1, 0.15) is 0 Å². The maximum absolute atomic E-state index is 12.0. The van der Waals surface area contributed by atoms with Crippen LogP contribution in [0.25, 0.3) is 0 Å². The van der Waals surface area contributed by atoms with Gasteiger partial charge in [-0.15, -0.1) is 12.4 Å². The molecule has 1 aromatic rings. The molecular weight excluding hydrogens is 250 g/mol. The molecule has 16 heavy (non-hydrogen) atoms. The van der Waals surface area contributed by atoms with Crippen molar-refractivity contribution < 1.29 is 8.42 Å². The number of nitrogens with zero attached hydrogens (tertiary/aromatic N) is 2. The maximum Gasteiger partial charge on any atom is 0.260 e. The summed E-state index contributed by atoms with van der Waals surface area (Å²) in [6, 6.07) is 4.80. The molecule has 1 aliphatic rings. The monoisotopic (exact) mass is 263 g/mol. The highest BCUT2D eigenvalue weighted by Crippen LogP contribution is 2.18. The molecule has 1 aliphatic heterocycles. The Labute approximate surface area is 101 Å². The van der Waals surface area contributed by atoms with E-state index in [0.29, 0.717) is 19.5 Å². The van der Waals surface area contributed by atoms with Gasteiger partial charge in [0.2, 0.25) is 0 Å². The van der Waals surface area contributed by atoms with Gasteiger partial charge in [0.15, 0.2) is 5.03 Å². The highest BCUT2D eigenvalue weighted by atomic mass is 35.5. The molecule has 2 N–H and O–H groups in total. The Morgan fingerprint density at radius 1 is 1.44 bits per heavy atom. The molecule has 0 spiro atoms. The van der Waals surface area contributed by atoms with E-state index in [9.17, 15) is 8.42 Å². The van der Waals surface area contributed by atoms with Gasteiger partial charge in [-0.1, -0.05) is 6.07 Å². The third kappa shape index (κ3) is 2.52. The summed E-state index contributed by atoms with van der Waals surface area (Å²) in [5.74, 6) is 0. The van der Waals surface area contributed by atoms with Gasteiger partial charge in [0.25, 0.3) is 10.0 Å². The van der Waals surface area contributed by atoms with E-state index in [1.54, 1.807) is 12.1 Å². The van der Waals surface area contributed by atoms with Gasteiger partial charge in [-0.3, -0.25) is 0 Å². The molecule has 1 fully saturated rings. The van der Waals surface area contributed by atoms with Gasteiger partial charge in [-0.2, -0.15) is 4.31 Å². The summed E-state index contributed by atoms with van der Waals surface area (Å²) in [7, 11) is -3.43. The van der Waals surface area contributed by atoms with Gasteiger partial charge in [0, 0.05) is 25.3 Å². The largest absolute Gasteiger partial charge is 0.326 e. The minimum absolute atomic E-state index is 0. The highest BCUT2D eigenvalue weighted by molar-refractivity contribution is 7.89. The fourth-order valence-electron chi connectivity index (χ4n) is 1.60. The highest BCUT2D eigenvalue weighted by Gasteiger charge is 2.31. The van der Waals surface area contributed by atoms with Crippen molar-refractivity contribution in [2.75, 3.05) is 13.1 Å². The summed E-state index contributed by atoms with van der Waals surface area (Å²) >= 11 is 0. The van der Waals surface area contributed by atoms with E-state index in [1.165, 1.54) is 16.6 Å². The predicted octanol–water partition coefficient (Wildman–Crippen LogP) is 0.225. The standard InChI is InChI=1S/C9H13N3O2S.ClH/c10-8-4-6-12(7-8)15(13,14)9-3-1-2-5-11-9;/h1-3,5,8H,4,6-7,10H2;1H. The molecule has 0 bridgehead atoms. The van der Waals surface area contributed by atoms with Gasteiger partial charge in [-0.25, -0.2) is 13.4 Å². The molecule has 2 rings (SSSR count). The number of hydrogen-bond donors (Lipinski definition) is 1. The first-order valence-corrected chi connectivity index (χ1v) is 6.21. The number of halogens is 1. The Morgan fingerprint density at radius 3 is 2.69 bits per heavy atom. The number of nitrogens with two attached hydrogens (primary N) is 1. The van der Waals surface area contributed by atoms with Crippen LogP contribution in [0, 0.1) is 0 Å². The van der Waals surface area contributed by atoms with Crippen LogP contribution in [-0.2, 0) is 10.0 Å². The van der Waals surface area contributed by atoms with Crippen molar-refractivity contribution in [2.45, 2.75) is 17.5 Å². The summed E-state index contributed by atoms with van der Waals surface area (Å²) < 4.78 is 25.4. The third-order valence-corrected chi connectivity index (χ3v) is 4.21. The zero-order valence-electron chi connectivity index (χ0n) is 8.61.